The molecule has 0 spiro atoms. The molecule has 182 valence electrons. The molecule has 0 saturated heterocycles. The topological polar surface area (TPSA) is 98.7 Å². The van der Waals surface area contributed by atoms with Gasteiger partial charge in [0.15, 0.2) is 11.6 Å². The van der Waals surface area contributed by atoms with Gasteiger partial charge in [0, 0.05) is 69.9 Å². The van der Waals surface area contributed by atoms with Crippen LogP contribution >= 0.6 is 31.9 Å². The summed E-state index contributed by atoms with van der Waals surface area (Å²) in [6, 6.07) is 14.3. The fourth-order valence-corrected chi connectivity index (χ4v) is 3.65. The molecule has 4 N–H and O–H groups in total. The van der Waals surface area contributed by atoms with Crippen LogP contribution in [-0.2, 0) is 0 Å². The number of halogens is 2. The molecule has 0 heterocycles. The smallest absolute Gasteiger partial charge is 0.187 e. The van der Waals surface area contributed by atoms with E-state index in [-0.39, 0.29) is 24.8 Å². The highest BCUT2D eigenvalue weighted by atomic mass is 79.9. The van der Waals surface area contributed by atoms with Crippen LogP contribution in [0.1, 0.15) is 46.4 Å². The minimum Gasteiger partial charge on any atom is -0.396 e. The number of aliphatic hydroxyl groups is 2. The second kappa shape index (κ2) is 15.6. The van der Waals surface area contributed by atoms with Gasteiger partial charge in [0.05, 0.1) is 0 Å². The summed E-state index contributed by atoms with van der Waals surface area (Å²) < 4.78 is 1.81. The van der Waals surface area contributed by atoms with E-state index in [9.17, 15) is 19.8 Å². The standard InChI is InChI=1S/C26H30Br2N2O4/c27-21-9-5-19(6-10-21)25(33)17-23(3-1-15-31)29-13-14-30-24(4-2-16-32)18-26(34)20-7-11-22(28)12-8-20/h5-12,17-18,29-32H,1-4,13-16H2/b23-17-,24-18-. The molecule has 2 aromatic rings. The molecule has 34 heavy (non-hydrogen) atoms. The second-order valence-electron chi connectivity index (χ2n) is 7.59. The van der Waals surface area contributed by atoms with Crippen molar-refractivity contribution in [3.63, 3.8) is 0 Å². The Morgan fingerprint density at radius 1 is 0.676 bits per heavy atom. The van der Waals surface area contributed by atoms with Crippen LogP contribution < -0.4 is 10.6 Å². The minimum atomic E-state index is -0.107. The van der Waals surface area contributed by atoms with Crippen LogP contribution in [0.5, 0.6) is 0 Å². The lowest BCUT2D eigenvalue weighted by molar-refractivity contribution is 0.103. The third-order valence-electron chi connectivity index (χ3n) is 4.91. The zero-order chi connectivity index (χ0) is 24.8. The number of allylic oxidation sites excluding steroid dienone is 4. The Kier molecular flexibility index (Phi) is 12.8. The molecule has 2 aromatic carbocycles. The van der Waals surface area contributed by atoms with Crippen LogP contribution in [0, 0.1) is 0 Å². The van der Waals surface area contributed by atoms with Gasteiger partial charge in [-0.1, -0.05) is 31.9 Å². The predicted octanol–water partition coefficient (Wildman–Crippen LogP) is 4.77. The van der Waals surface area contributed by atoms with E-state index < -0.39 is 0 Å². The lowest BCUT2D eigenvalue weighted by Crippen LogP contribution is -2.27. The molecule has 0 fully saturated rings. The van der Waals surface area contributed by atoms with Gasteiger partial charge in [0.2, 0.25) is 0 Å². The van der Waals surface area contributed by atoms with Crippen molar-refractivity contribution in [3.8, 4) is 0 Å². The van der Waals surface area contributed by atoms with Gasteiger partial charge >= 0.3 is 0 Å². The largest absolute Gasteiger partial charge is 0.396 e. The van der Waals surface area contributed by atoms with Crippen LogP contribution in [0.15, 0.2) is 81.0 Å². The molecule has 0 aliphatic heterocycles. The van der Waals surface area contributed by atoms with Crippen LogP contribution in [0.25, 0.3) is 0 Å². The Hall–Kier alpha value is -2.26. The predicted molar refractivity (Wildman–Crippen MR) is 142 cm³/mol. The van der Waals surface area contributed by atoms with Crippen molar-refractivity contribution < 1.29 is 19.8 Å². The molecule has 8 heteroatoms. The van der Waals surface area contributed by atoms with Crippen molar-refractivity contribution in [2.24, 2.45) is 0 Å². The minimum absolute atomic E-state index is 0.0377. The molecule has 0 aromatic heterocycles. The third kappa shape index (κ3) is 10.3. The van der Waals surface area contributed by atoms with E-state index in [1.807, 2.05) is 24.3 Å². The zero-order valence-electron chi connectivity index (χ0n) is 18.9. The Labute approximate surface area is 217 Å². The van der Waals surface area contributed by atoms with Crippen molar-refractivity contribution in [2.45, 2.75) is 25.7 Å². The summed E-state index contributed by atoms with van der Waals surface area (Å²) in [5.41, 5.74) is 2.67. The van der Waals surface area contributed by atoms with E-state index in [1.54, 1.807) is 36.4 Å². The number of hydrogen-bond acceptors (Lipinski definition) is 6. The number of carbonyl (C=O) groups is 2. The van der Waals surface area contributed by atoms with Crippen LogP contribution in [0.2, 0.25) is 0 Å². The van der Waals surface area contributed by atoms with Gasteiger partial charge in [-0.2, -0.15) is 0 Å². The van der Waals surface area contributed by atoms with E-state index in [2.05, 4.69) is 42.5 Å². The number of ketones is 2. The lowest BCUT2D eigenvalue weighted by atomic mass is 10.1. The Balaban J connectivity index is 1.98. The number of hydrogen-bond donors (Lipinski definition) is 4. The van der Waals surface area contributed by atoms with Crippen molar-refractivity contribution in [1.82, 2.24) is 10.6 Å². The van der Waals surface area contributed by atoms with Gasteiger partial charge in [-0.3, -0.25) is 9.59 Å². The van der Waals surface area contributed by atoms with Gasteiger partial charge in [0.1, 0.15) is 0 Å². The van der Waals surface area contributed by atoms with Crippen molar-refractivity contribution in [2.75, 3.05) is 26.3 Å². The monoisotopic (exact) mass is 592 g/mol. The zero-order valence-corrected chi connectivity index (χ0v) is 22.1. The van der Waals surface area contributed by atoms with Crippen LogP contribution in [0.4, 0.5) is 0 Å². The molecule has 0 atom stereocenters. The van der Waals surface area contributed by atoms with Crippen molar-refractivity contribution >= 4 is 43.4 Å². The van der Waals surface area contributed by atoms with E-state index in [4.69, 9.17) is 0 Å². The fraction of sp³-hybridized carbons (Fsp3) is 0.308. The van der Waals surface area contributed by atoms with E-state index >= 15 is 0 Å². The fourth-order valence-electron chi connectivity index (χ4n) is 3.12. The molecular weight excluding hydrogens is 564 g/mol. The summed E-state index contributed by atoms with van der Waals surface area (Å²) in [5.74, 6) is -0.214. The lowest BCUT2D eigenvalue weighted by Gasteiger charge is -2.14. The number of rotatable bonds is 15. The summed E-state index contributed by atoms with van der Waals surface area (Å²) in [5, 5.41) is 24.9. The molecule has 6 nitrogen and oxygen atoms in total. The normalized spacial score (nSPS) is 11.9. The quantitative estimate of drug-likeness (QED) is 0.135. The molecular formula is C26H30Br2N2O4. The molecule has 0 amide bonds. The maximum atomic E-state index is 12.6. The summed E-state index contributed by atoms with van der Waals surface area (Å²) >= 11 is 6.73. The highest BCUT2D eigenvalue weighted by Crippen LogP contribution is 2.14. The third-order valence-corrected chi connectivity index (χ3v) is 5.96. The number of benzene rings is 2. The Morgan fingerprint density at radius 3 is 1.35 bits per heavy atom. The van der Waals surface area contributed by atoms with E-state index in [1.165, 1.54) is 0 Å². The number of nitrogens with one attached hydrogen (secondary N) is 2. The van der Waals surface area contributed by atoms with Crippen LogP contribution in [0.3, 0.4) is 0 Å². The van der Waals surface area contributed by atoms with E-state index in [0.29, 0.717) is 49.9 Å². The highest BCUT2D eigenvalue weighted by Gasteiger charge is 2.08. The first kappa shape index (κ1) is 28.0. The van der Waals surface area contributed by atoms with Gasteiger partial charge in [-0.05, 0) is 74.2 Å². The molecule has 0 aliphatic carbocycles. The molecule has 2 rings (SSSR count). The summed E-state index contributed by atoms with van der Waals surface area (Å²) in [7, 11) is 0. The summed E-state index contributed by atoms with van der Waals surface area (Å²) in [6.45, 7) is 1.12. The second-order valence-corrected chi connectivity index (χ2v) is 9.42. The Morgan fingerprint density at radius 2 is 1.03 bits per heavy atom. The van der Waals surface area contributed by atoms with Gasteiger partial charge in [-0.25, -0.2) is 0 Å². The number of aliphatic hydroxyl groups excluding tert-OH is 2. The van der Waals surface area contributed by atoms with Gasteiger partial charge < -0.3 is 20.8 Å². The first-order chi connectivity index (χ1) is 16.4. The highest BCUT2D eigenvalue weighted by molar-refractivity contribution is 9.10. The Bertz CT molecular complexity index is 905. The van der Waals surface area contributed by atoms with Gasteiger partial charge in [0.25, 0.3) is 0 Å². The molecule has 0 saturated carbocycles. The first-order valence-corrected chi connectivity index (χ1v) is 12.7. The molecule has 0 unspecified atom stereocenters. The first-order valence-electron chi connectivity index (χ1n) is 11.1. The average Bonchev–Trinajstić information content (AvgIpc) is 2.83. The SMILES string of the molecule is O=C(/C=C(/CCCO)NCCN/C(=C\C(=O)c1ccc(Br)cc1)CCCO)c1ccc(Br)cc1. The van der Waals surface area contributed by atoms with E-state index in [0.717, 1.165) is 20.3 Å². The molecule has 0 radical (unpaired) electrons. The maximum absolute atomic E-state index is 12.6. The van der Waals surface area contributed by atoms with Crippen molar-refractivity contribution in [3.05, 3.63) is 92.1 Å². The average molecular weight is 594 g/mol. The number of carbonyl (C=O) groups excluding carboxylic acids is 2. The van der Waals surface area contributed by atoms with Crippen LogP contribution in [-0.4, -0.2) is 48.1 Å². The molecule has 0 bridgehead atoms. The van der Waals surface area contributed by atoms with Crippen molar-refractivity contribution in [1.29, 1.82) is 0 Å². The molecule has 0 aliphatic rings. The van der Waals surface area contributed by atoms with Gasteiger partial charge in [-0.15, -0.1) is 0 Å². The summed E-state index contributed by atoms with van der Waals surface area (Å²) in [6.07, 6.45) is 5.32. The maximum Gasteiger partial charge on any atom is 0.187 e. The summed E-state index contributed by atoms with van der Waals surface area (Å²) in [4.78, 5) is 25.2.